The summed E-state index contributed by atoms with van der Waals surface area (Å²) in [5.74, 6) is 0. The number of hydrogen-bond acceptors (Lipinski definition) is 1. The highest BCUT2D eigenvalue weighted by Crippen LogP contribution is 2.48. The third-order valence-electron chi connectivity index (χ3n) is 8.41. The van der Waals surface area contributed by atoms with Gasteiger partial charge in [0.25, 0.3) is 0 Å². The Labute approximate surface area is 230 Å². The number of hydrogen-bond donors (Lipinski definition) is 0. The van der Waals surface area contributed by atoms with E-state index in [9.17, 15) is 0 Å². The Morgan fingerprint density at radius 1 is 0.359 bits per heavy atom. The highest BCUT2D eigenvalue weighted by atomic mass is 32.1. The Balaban J connectivity index is 1.18. The first-order valence-corrected chi connectivity index (χ1v) is 14.3. The normalized spacial score (nSPS) is 12.1. The van der Waals surface area contributed by atoms with E-state index >= 15 is 0 Å². The third kappa shape index (κ3) is 2.99. The number of benzene rings is 7. The fourth-order valence-electron chi connectivity index (χ4n) is 6.62. The summed E-state index contributed by atoms with van der Waals surface area (Å²) in [7, 11) is 0. The molecular weight excluding hydrogens is 488 g/mol. The van der Waals surface area contributed by atoms with Crippen LogP contribution in [0.5, 0.6) is 0 Å². The second-order valence-electron chi connectivity index (χ2n) is 10.5. The molecule has 0 atom stereocenters. The van der Waals surface area contributed by atoms with E-state index in [1.807, 2.05) is 11.3 Å². The summed E-state index contributed by atoms with van der Waals surface area (Å²) >= 11 is 1.90. The summed E-state index contributed by atoms with van der Waals surface area (Å²) in [4.78, 5) is 0. The smallest absolute Gasteiger partial charge is 0.0434 e. The minimum atomic E-state index is 1.25. The van der Waals surface area contributed by atoms with E-state index < -0.39 is 0 Å². The molecule has 39 heavy (non-hydrogen) atoms. The summed E-state index contributed by atoms with van der Waals surface area (Å²) in [6.07, 6.45) is 0. The van der Waals surface area contributed by atoms with Gasteiger partial charge in [0, 0.05) is 25.6 Å². The molecule has 0 amide bonds. The van der Waals surface area contributed by atoms with E-state index in [1.165, 1.54) is 86.2 Å². The zero-order valence-corrected chi connectivity index (χ0v) is 21.9. The minimum Gasteiger partial charge on any atom is -0.135 e. The zero-order valence-electron chi connectivity index (χ0n) is 21.1. The van der Waals surface area contributed by atoms with Crippen LogP contribution in [0.3, 0.4) is 0 Å². The first kappa shape index (κ1) is 21.2. The maximum Gasteiger partial charge on any atom is 0.0434 e. The molecule has 0 saturated carbocycles. The standard InChI is InChI=1S/C38H22S/c1-2-9-29-28(8-1)32-12-5-7-25-21-26(22-35(29)37(25)32)23-15-17-24(18-16-23)27-11-6-13-33-30(27)19-20-34-31-10-3-4-14-36(31)39-38(33)34/h1-22H. The lowest BCUT2D eigenvalue weighted by atomic mass is 9.93. The zero-order chi connectivity index (χ0) is 25.5. The van der Waals surface area contributed by atoms with Gasteiger partial charge < -0.3 is 0 Å². The molecule has 1 heteroatoms. The highest BCUT2D eigenvalue weighted by Gasteiger charge is 2.21. The number of fused-ring (bicyclic) bond motifs is 8. The quantitative estimate of drug-likeness (QED) is 0.217. The van der Waals surface area contributed by atoms with E-state index in [1.54, 1.807) is 0 Å². The SMILES string of the molecule is c1ccc2c(c1)-c1cccc3cc(-c4ccc(-c5cccc6c5ccc5c7ccccc7sc65)cc4)cc-2c13. The van der Waals surface area contributed by atoms with Gasteiger partial charge in [0.1, 0.15) is 0 Å². The van der Waals surface area contributed by atoms with Crippen LogP contribution in [0, 0.1) is 0 Å². The first-order chi connectivity index (χ1) is 19.3. The van der Waals surface area contributed by atoms with Gasteiger partial charge in [-0.3, -0.25) is 0 Å². The molecule has 0 unspecified atom stereocenters. The summed E-state index contributed by atoms with van der Waals surface area (Å²) in [5, 5.41) is 8.03. The van der Waals surface area contributed by atoms with Gasteiger partial charge in [-0.05, 0) is 78.9 Å². The second kappa shape index (κ2) is 7.89. The molecule has 180 valence electrons. The molecule has 1 aromatic heterocycles. The van der Waals surface area contributed by atoms with Gasteiger partial charge in [-0.15, -0.1) is 11.3 Å². The molecular formula is C38H22S. The molecule has 1 heterocycles. The van der Waals surface area contributed by atoms with Crippen molar-refractivity contribution >= 4 is 53.1 Å². The fraction of sp³-hybridized carbons (Fsp3) is 0. The van der Waals surface area contributed by atoms with Crippen molar-refractivity contribution in [2.75, 3.05) is 0 Å². The Morgan fingerprint density at radius 2 is 1.00 bits per heavy atom. The molecule has 0 N–H and O–H groups in total. The molecule has 0 aliphatic heterocycles. The molecule has 1 aliphatic carbocycles. The van der Waals surface area contributed by atoms with E-state index in [4.69, 9.17) is 0 Å². The molecule has 0 fully saturated rings. The van der Waals surface area contributed by atoms with Crippen molar-refractivity contribution in [2.24, 2.45) is 0 Å². The fourth-order valence-corrected chi connectivity index (χ4v) is 7.85. The molecule has 0 bridgehead atoms. The van der Waals surface area contributed by atoms with Crippen LogP contribution in [0.25, 0.3) is 86.2 Å². The van der Waals surface area contributed by atoms with Crippen molar-refractivity contribution in [1.82, 2.24) is 0 Å². The molecule has 0 saturated heterocycles. The van der Waals surface area contributed by atoms with Gasteiger partial charge >= 0.3 is 0 Å². The summed E-state index contributed by atoms with van der Waals surface area (Å²) in [6.45, 7) is 0. The van der Waals surface area contributed by atoms with Gasteiger partial charge in [-0.25, -0.2) is 0 Å². The van der Waals surface area contributed by atoms with Crippen LogP contribution in [0.2, 0.25) is 0 Å². The van der Waals surface area contributed by atoms with Crippen LogP contribution in [-0.2, 0) is 0 Å². The van der Waals surface area contributed by atoms with Crippen LogP contribution >= 0.6 is 11.3 Å². The summed E-state index contributed by atoms with van der Waals surface area (Å²) < 4.78 is 2.73. The highest BCUT2D eigenvalue weighted by molar-refractivity contribution is 7.26. The third-order valence-corrected chi connectivity index (χ3v) is 9.63. The Hall–Kier alpha value is -4.72. The van der Waals surface area contributed by atoms with Crippen LogP contribution < -0.4 is 0 Å². The molecule has 0 radical (unpaired) electrons. The van der Waals surface area contributed by atoms with E-state index in [0.717, 1.165) is 0 Å². The number of thiophene rings is 1. The Kier molecular flexibility index (Phi) is 4.30. The Bertz CT molecular complexity index is 2260. The average Bonchev–Trinajstić information content (AvgIpc) is 3.54. The predicted molar refractivity (Wildman–Crippen MR) is 170 cm³/mol. The first-order valence-electron chi connectivity index (χ1n) is 13.4. The topological polar surface area (TPSA) is 0 Å². The molecule has 8 aromatic rings. The summed E-state index contributed by atoms with van der Waals surface area (Å²) in [5.41, 5.74) is 10.4. The van der Waals surface area contributed by atoms with Gasteiger partial charge in [-0.1, -0.05) is 115 Å². The lowest BCUT2D eigenvalue weighted by Crippen LogP contribution is -1.85. The predicted octanol–water partition coefficient (Wildman–Crippen LogP) is 11.3. The second-order valence-corrected chi connectivity index (χ2v) is 11.5. The lowest BCUT2D eigenvalue weighted by molar-refractivity contribution is 1.62. The lowest BCUT2D eigenvalue weighted by Gasteiger charge is -2.11. The van der Waals surface area contributed by atoms with Crippen LogP contribution in [0.4, 0.5) is 0 Å². The Morgan fingerprint density at radius 3 is 1.90 bits per heavy atom. The maximum atomic E-state index is 2.38. The molecule has 9 rings (SSSR count). The van der Waals surface area contributed by atoms with Crippen LogP contribution in [0.1, 0.15) is 0 Å². The monoisotopic (exact) mass is 510 g/mol. The molecule has 1 aliphatic rings. The summed E-state index contributed by atoms with van der Waals surface area (Å²) in [6, 6.07) is 49.4. The van der Waals surface area contributed by atoms with Gasteiger partial charge in [0.05, 0.1) is 0 Å². The van der Waals surface area contributed by atoms with E-state index in [0.29, 0.717) is 0 Å². The van der Waals surface area contributed by atoms with Gasteiger partial charge in [0.15, 0.2) is 0 Å². The van der Waals surface area contributed by atoms with Crippen molar-refractivity contribution in [3.63, 3.8) is 0 Å². The molecule has 7 aromatic carbocycles. The molecule has 0 spiro atoms. The maximum absolute atomic E-state index is 2.38. The van der Waals surface area contributed by atoms with Crippen molar-refractivity contribution in [3.8, 4) is 44.5 Å². The number of rotatable bonds is 2. The van der Waals surface area contributed by atoms with Crippen molar-refractivity contribution in [1.29, 1.82) is 0 Å². The van der Waals surface area contributed by atoms with Crippen LogP contribution in [-0.4, -0.2) is 0 Å². The average molecular weight is 511 g/mol. The largest absolute Gasteiger partial charge is 0.135 e. The van der Waals surface area contributed by atoms with Gasteiger partial charge in [-0.2, -0.15) is 0 Å². The van der Waals surface area contributed by atoms with Crippen molar-refractivity contribution in [3.05, 3.63) is 133 Å². The van der Waals surface area contributed by atoms with E-state index in [-0.39, 0.29) is 0 Å². The van der Waals surface area contributed by atoms with Crippen molar-refractivity contribution < 1.29 is 0 Å². The molecule has 0 nitrogen and oxygen atoms in total. The minimum absolute atomic E-state index is 1.25. The van der Waals surface area contributed by atoms with Crippen LogP contribution in [0.15, 0.2) is 133 Å². The van der Waals surface area contributed by atoms with Gasteiger partial charge in [0.2, 0.25) is 0 Å². The van der Waals surface area contributed by atoms with E-state index in [2.05, 4.69) is 133 Å². The van der Waals surface area contributed by atoms with Crippen molar-refractivity contribution in [2.45, 2.75) is 0 Å².